The molecule has 94 valence electrons. The van der Waals surface area contributed by atoms with Gasteiger partial charge in [0.25, 0.3) is 5.69 Å². The number of hydrogen-bond donors (Lipinski definition) is 1. The van der Waals surface area contributed by atoms with Gasteiger partial charge >= 0.3 is 0 Å². The van der Waals surface area contributed by atoms with Gasteiger partial charge in [0, 0.05) is 6.07 Å². The fourth-order valence-corrected chi connectivity index (χ4v) is 1.75. The minimum absolute atomic E-state index is 0.109. The molecule has 0 saturated carbocycles. The molecule has 0 saturated heterocycles. The van der Waals surface area contributed by atoms with Crippen molar-refractivity contribution in [2.45, 2.75) is 26.2 Å². The predicted octanol–water partition coefficient (Wildman–Crippen LogP) is 3.38. The first-order chi connectivity index (χ1) is 8.16. The molecule has 0 spiro atoms. The number of benzene rings is 1. The molecular weight excluding hydrogens is 238 g/mol. The largest absolute Gasteiger partial charge is 0.493 e. The number of ether oxygens (including phenoxy) is 1. The molecule has 0 aromatic heterocycles. The molecule has 5 heteroatoms. The van der Waals surface area contributed by atoms with Gasteiger partial charge in [-0.1, -0.05) is 6.07 Å². The minimum Gasteiger partial charge on any atom is -0.493 e. The number of nitro benzene ring substituents is 1. The average Bonchev–Trinajstić information content (AvgIpc) is 2.30. The van der Waals surface area contributed by atoms with Crippen LogP contribution in [-0.2, 0) is 0 Å². The van der Waals surface area contributed by atoms with Crippen molar-refractivity contribution >= 4 is 18.3 Å². The Balaban J connectivity index is 2.54. The van der Waals surface area contributed by atoms with Crippen LogP contribution >= 0.6 is 12.6 Å². The van der Waals surface area contributed by atoms with Crippen molar-refractivity contribution in [2.24, 2.45) is 0 Å². The van der Waals surface area contributed by atoms with Gasteiger partial charge in [0.1, 0.15) is 5.75 Å². The van der Waals surface area contributed by atoms with Crippen molar-refractivity contribution in [3.8, 4) is 5.75 Å². The summed E-state index contributed by atoms with van der Waals surface area (Å²) in [5, 5.41) is 10.7. The van der Waals surface area contributed by atoms with Crippen molar-refractivity contribution < 1.29 is 9.66 Å². The van der Waals surface area contributed by atoms with Gasteiger partial charge in [-0.05, 0) is 38.0 Å². The van der Waals surface area contributed by atoms with E-state index in [2.05, 4.69) is 12.6 Å². The van der Waals surface area contributed by atoms with Crippen LogP contribution in [0, 0.1) is 17.0 Å². The van der Waals surface area contributed by atoms with Crippen LogP contribution in [0.1, 0.15) is 24.8 Å². The van der Waals surface area contributed by atoms with Crippen LogP contribution in [0.2, 0.25) is 0 Å². The van der Waals surface area contributed by atoms with E-state index >= 15 is 0 Å². The van der Waals surface area contributed by atoms with Crippen molar-refractivity contribution in [1.82, 2.24) is 0 Å². The summed E-state index contributed by atoms with van der Waals surface area (Å²) in [5.41, 5.74) is 0.699. The molecule has 4 nitrogen and oxygen atoms in total. The number of thiol groups is 1. The summed E-state index contributed by atoms with van der Waals surface area (Å²) in [6.07, 6.45) is 3.08. The maximum Gasteiger partial charge on any atom is 0.276 e. The first-order valence-corrected chi connectivity index (χ1v) is 6.27. The molecule has 0 aliphatic carbocycles. The second-order valence-corrected chi connectivity index (χ2v) is 4.24. The van der Waals surface area contributed by atoms with E-state index in [-0.39, 0.29) is 10.6 Å². The Morgan fingerprint density at radius 3 is 2.76 bits per heavy atom. The molecule has 1 aromatic carbocycles. The first kappa shape index (κ1) is 13.8. The highest BCUT2D eigenvalue weighted by Crippen LogP contribution is 2.27. The molecule has 0 radical (unpaired) electrons. The fourth-order valence-electron chi connectivity index (χ4n) is 1.53. The van der Waals surface area contributed by atoms with E-state index < -0.39 is 0 Å². The van der Waals surface area contributed by atoms with Crippen LogP contribution in [0.15, 0.2) is 18.2 Å². The summed E-state index contributed by atoms with van der Waals surface area (Å²) in [4.78, 5) is 10.3. The normalized spacial score (nSPS) is 10.2. The average molecular weight is 255 g/mol. The molecule has 0 unspecified atom stereocenters. The smallest absolute Gasteiger partial charge is 0.276 e. The fraction of sp³-hybridized carbons (Fsp3) is 0.500. The van der Waals surface area contributed by atoms with Crippen LogP contribution in [-0.4, -0.2) is 17.3 Å². The van der Waals surface area contributed by atoms with Gasteiger partial charge in [0.15, 0.2) is 0 Å². The van der Waals surface area contributed by atoms with Crippen LogP contribution in [0.5, 0.6) is 5.75 Å². The lowest BCUT2D eigenvalue weighted by molar-refractivity contribution is -0.385. The van der Waals surface area contributed by atoms with Gasteiger partial charge in [-0.3, -0.25) is 10.1 Å². The van der Waals surface area contributed by atoms with Gasteiger partial charge in [-0.25, -0.2) is 0 Å². The zero-order chi connectivity index (χ0) is 12.7. The third-order valence-corrected chi connectivity index (χ3v) is 2.83. The SMILES string of the molecule is Cc1c(OCCCCCS)cccc1[N+](=O)[O-]. The zero-order valence-corrected chi connectivity index (χ0v) is 10.8. The van der Waals surface area contributed by atoms with Crippen LogP contribution in [0.3, 0.4) is 0 Å². The van der Waals surface area contributed by atoms with Crippen LogP contribution < -0.4 is 4.74 Å². The van der Waals surface area contributed by atoms with Gasteiger partial charge in [-0.2, -0.15) is 12.6 Å². The maximum absolute atomic E-state index is 10.7. The lowest BCUT2D eigenvalue weighted by Crippen LogP contribution is -2.01. The standard InChI is InChI=1S/C12H17NO3S/c1-10-11(13(14)15)6-5-7-12(10)16-8-3-2-4-9-17/h5-7,17H,2-4,8-9H2,1H3. The number of unbranched alkanes of at least 4 members (excludes halogenated alkanes) is 2. The molecule has 0 aliphatic rings. The van der Waals surface area contributed by atoms with Gasteiger partial charge in [0.2, 0.25) is 0 Å². The molecule has 0 amide bonds. The van der Waals surface area contributed by atoms with Crippen LogP contribution in [0.4, 0.5) is 5.69 Å². The molecule has 0 bridgehead atoms. The van der Waals surface area contributed by atoms with Crippen LogP contribution in [0.25, 0.3) is 0 Å². The molecule has 0 aliphatic heterocycles. The summed E-state index contributed by atoms with van der Waals surface area (Å²) in [5.74, 6) is 1.49. The summed E-state index contributed by atoms with van der Waals surface area (Å²) in [6, 6.07) is 4.90. The second-order valence-electron chi connectivity index (χ2n) is 3.79. The number of rotatable bonds is 7. The van der Waals surface area contributed by atoms with E-state index in [0.29, 0.717) is 17.9 Å². The molecule has 0 N–H and O–H groups in total. The highest BCUT2D eigenvalue weighted by atomic mass is 32.1. The number of nitrogens with zero attached hydrogens (tertiary/aromatic N) is 1. The molecule has 0 fully saturated rings. The van der Waals surface area contributed by atoms with E-state index in [1.54, 1.807) is 19.1 Å². The van der Waals surface area contributed by atoms with Gasteiger partial charge < -0.3 is 4.74 Å². The zero-order valence-electron chi connectivity index (χ0n) is 9.89. The second kappa shape index (κ2) is 7.17. The molecule has 0 heterocycles. The van der Waals surface area contributed by atoms with E-state index in [0.717, 1.165) is 25.0 Å². The topological polar surface area (TPSA) is 52.4 Å². The maximum atomic E-state index is 10.7. The molecular formula is C12H17NO3S. The number of nitro groups is 1. The van der Waals surface area contributed by atoms with Crippen molar-refractivity contribution in [3.63, 3.8) is 0 Å². The lowest BCUT2D eigenvalue weighted by atomic mass is 10.2. The summed E-state index contributed by atoms with van der Waals surface area (Å²) in [6.45, 7) is 2.30. The number of hydrogen-bond acceptors (Lipinski definition) is 4. The highest BCUT2D eigenvalue weighted by Gasteiger charge is 2.13. The predicted molar refractivity (Wildman–Crippen MR) is 71.0 cm³/mol. The van der Waals surface area contributed by atoms with E-state index in [9.17, 15) is 10.1 Å². The van der Waals surface area contributed by atoms with Crippen molar-refractivity contribution in [2.75, 3.05) is 12.4 Å². The Hall–Kier alpha value is -1.23. The monoisotopic (exact) mass is 255 g/mol. The summed E-state index contributed by atoms with van der Waals surface area (Å²) >= 11 is 4.13. The molecule has 17 heavy (non-hydrogen) atoms. The Kier molecular flexibility index (Phi) is 5.83. The highest BCUT2D eigenvalue weighted by molar-refractivity contribution is 7.80. The van der Waals surface area contributed by atoms with E-state index in [1.165, 1.54) is 6.07 Å². The van der Waals surface area contributed by atoms with Crippen molar-refractivity contribution in [3.05, 3.63) is 33.9 Å². The lowest BCUT2D eigenvalue weighted by Gasteiger charge is -2.08. The quantitative estimate of drug-likeness (QED) is 0.352. The summed E-state index contributed by atoms with van der Waals surface area (Å²) < 4.78 is 5.54. The summed E-state index contributed by atoms with van der Waals surface area (Å²) in [7, 11) is 0. The molecule has 1 rings (SSSR count). The first-order valence-electron chi connectivity index (χ1n) is 5.64. The van der Waals surface area contributed by atoms with E-state index in [4.69, 9.17) is 4.74 Å². The van der Waals surface area contributed by atoms with E-state index in [1.807, 2.05) is 0 Å². The third kappa shape index (κ3) is 4.26. The molecule has 1 aromatic rings. The van der Waals surface area contributed by atoms with Gasteiger partial charge in [-0.15, -0.1) is 0 Å². The Labute approximate surface area is 107 Å². The Morgan fingerprint density at radius 2 is 2.12 bits per heavy atom. The van der Waals surface area contributed by atoms with Crippen molar-refractivity contribution in [1.29, 1.82) is 0 Å². The molecule has 0 atom stereocenters. The Morgan fingerprint density at radius 1 is 1.35 bits per heavy atom. The Bertz CT molecular complexity index is 382. The van der Waals surface area contributed by atoms with Gasteiger partial charge in [0.05, 0.1) is 17.1 Å². The third-order valence-electron chi connectivity index (χ3n) is 2.51. The minimum atomic E-state index is -0.386.